The zero-order valence-corrected chi connectivity index (χ0v) is 10.9. The number of aromatic carboxylic acids is 1. The summed E-state index contributed by atoms with van der Waals surface area (Å²) in [5, 5.41) is 11.4. The third kappa shape index (κ3) is 2.40. The van der Waals surface area contributed by atoms with Crippen molar-refractivity contribution in [3.05, 3.63) is 42.1 Å². The molecule has 0 amide bonds. The van der Waals surface area contributed by atoms with E-state index < -0.39 is 5.97 Å². The summed E-state index contributed by atoms with van der Waals surface area (Å²) in [6, 6.07) is 8.42. The SMILES string of the molecule is O=C([O-])c1ccc2cccnc2c1.[K+]. The molecule has 64 valence electrons. The zero-order valence-electron chi connectivity index (χ0n) is 7.73. The van der Waals surface area contributed by atoms with E-state index in [0.717, 1.165) is 5.39 Å². The maximum atomic E-state index is 10.5. The number of hydrogen-bond donors (Lipinski definition) is 0. The average molecular weight is 211 g/mol. The molecule has 1 aromatic heterocycles. The Balaban J connectivity index is 0.000000980. The first kappa shape index (κ1) is 11.8. The minimum absolute atomic E-state index is 0. The number of rotatable bonds is 1. The molecule has 2 rings (SSSR count). The molecule has 0 N–H and O–H groups in total. The van der Waals surface area contributed by atoms with Crippen molar-refractivity contribution in [2.24, 2.45) is 0 Å². The zero-order chi connectivity index (χ0) is 9.26. The largest absolute Gasteiger partial charge is 1.00 e. The van der Waals surface area contributed by atoms with Crippen LogP contribution in [0.15, 0.2) is 36.5 Å². The topological polar surface area (TPSA) is 53.0 Å². The number of carboxylic acids is 1. The second kappa shape index (κ2) is 5.00. The third-order valence-electron chi connectivity index (χ3n) is 1.84. The van der Waals surface area contributed by atoms with Gasteiger partial charge in [0.25, 0.3) is 0 Å². The van der Waals surface area contributed by atoms with Crippen LogP contribution in [0.3, 0.4) is 0 Å². The van der Waals surface area contributed by atoms with E-state index in [0.29, 0.717) is 5.52 Å². The Morgan fingerprint density at radius 3 is 2.79 bits per heavy atom. The van der Waals surface area contributed by atoms with E-state index in [-0.39, 0.29) is 56.9 Å². The van der Waals surface area contributed by atoms with Crippen molar-refractivity contribution in [3.63, 3.8) is 0 Å². The van der Waals surface area contributed by atoms with Crippen molar-refractivity contribution in [1.82, 2.24) is 4.98 Å². The summed E-state index contributed by atoms with van der Waals surface area (Å²) in [5.41, 5.74) is 0.829. The summed E-state index contributed by atoms with van der Waals surface area (Å²) in [5.74, 6) is -1.17. The fourth-order valence-corrected chi connectivity index (χ4v) is 1.19. The van der Waals surface area contributed by atoms with Crippen LogP contribution in [0.25, 0.3) is 10.9 Å². The first-order valence-corrected chi connectivity index (χ1v) is 3.83. The van der Waals surface area contributed by atoms with Gasteiger partial charge in [-0.1, -0.05) is 18.2 Å². The molecule has 0 aliphatic rings. The number of carbonyl (C=O) groups is 1. The monoisotopic (exact) mass is 211 g/mol. The van der Waals surface area contributed by atoms with E-state index in [2.05, 4.69) is 4.98 Å². The number of carbonyl (C=O) groups excluding carboxylic acids is 1. The van der Waals surface area contributed by atoms with Gasteiger partial charge in [0.2, 0.25) is 0 Å². The molecule has 0 aliphatic carbocycles. The van der Waals surface area contributed by atoms with Gasteiger partial charge in [-0.05, 0) is 17.7 Å². The standard InChI is InChI=1S/C10H7NO2.K/c12-10(13)8-4-3-7-2-1-5-11-9(7)6-8;/h1-6H,(H,12,13);/q;+1/p-1. The van der Waals surface area contributed by atoms with Gasteiger partial charge in [-0.25, -0.2) is 0 Å². The van der Waals surface area contributed by atoms with E-state index >= 15 is 0 Å². The molecule has 3 nitrogen and oxygen atoms in total. The molecule has 0 atom stereocenters. The Morgan fingerprint density at radius 1 is 1.29 bits per heavy atom. The number of fused-ring (bicyclic) bond motifs is 1. The van der Waals surface area contributed by atoms with Crippen molar-refractivity contribution in [3.8, 4) is 0 Å². The van der Waals surface area contributed by atoms with Crippen molar-refractivity contribution in [2.45, 2.75) is 0 Å². The Morgan fingerprint density at radius 2 is 2.07 bits per heavy atom. The van der Waals surface area contributed by atoms with Crippen LogP contribution in [0.4, 0.5) is 0 Å². The molecule has 0 aliphatic heterocycles. The molecule has 0 spiro atoms. The van der Waals surface area contributed by atoms with Gasteiger partial charge in [-0.3, -0.25) is 4.98 Å². The van der Waals surface area contributed by atoms with Gasteiger partial charge in [-0.15, -0.1) is 0 Å². The van der Waals surface area contributed by atoms with Gasteiger partial charge in [0.1, 0.15) is 0 Å². The summed E-state index contributed by atoms with van der Waals surface area (Å²) < 4.78 is 0. The molecular weight excluding hydrogens is 205 g/mol. The molecule has 0 saturated heterocycles. The van der Waals surface area contributed by atoms with Gasteiger partial charge in [0.15, 0.2) is 0 Å². The Bertz CT molecular complexity index is 470. The molecule has 0 radical (unpaired) electrons. The molecule has 0 fully saturated rings. The third-order valence-corrected chi connectivity index (χ3v) is 1.84. The van der Waals surface area contributed by atoms with Crippen LogP contribution in [0, 0.1) is 0 Å². The van der Waals surface area contributed by atoms with Gasteiger partial charge >= 0.3 is 51.4 Å². The van der Waals surface area contributed by atoms with E-state index in [1.54, 1.807) is 18.3 Å². The number of carboxylic acid groups (broad SMARTS) is 1. The van der Waals surface area contributed by atoms with Crippen molar-refractivity contribution in [1.29, 1.82) is 0 Å². The molecule has 14 heavy (non-hydrogen) atoms. The summed E-state index contributed by atoms with van der Waals surface area (Å²) in [7, 11) is 0. The minimum atomic E-state index is -1.17. The molecule has 2 aromatic rings. The van der Waals surface area contributed by atoms with Crippen LogP contribution in [-0.4, -0.2) is 11.0 Å². The number of hydrogen-bond acceptors (Lipinski definition) is 3. The Hall–Kier alpha value is -0.264. The van der Waals surface area contributed by atoms with Crippen molar-refractivity contribution < 1.29 is 61.3 Å². The smallest absolute Gasteiger partial charge is 0.545 e. The predicted molar refractivity (Wildman–Crippen MR) is 46.1 cm³/mol. The normalized spacial score (nSPS) is 9.43. The van der Waals surface area contributed by atoms with Crippen LogP contribution in [0.5, 0.6) is 0 Å². The summed E-state index contributed by atoms with van der Waals surface area (Å²) in [6.07, 6.45) is 1.63. The maximum Gasteiger partial charge on any atom is 1.00 e. The fourth-order valence-electron chi connectivity index (χ4n) is 1.19. The molecule has 0 saturated carbocycles. The van der Waals surface area contributed by atoms with Crippen LogP contribution in [0.2, 0.25) is 0 Å². The van der Waals surface area contributed by atoms with Crippen LogP contribution in [-0.2, 0) is 0 Å². The number of nitrogens with zero attached hydrogens (tertiary/aromatic N) is 1. The summed E-state index contributed by atoms with van der Waals surface area (Å²) >= 11 is 0. The van der Waals surface area contributed by atoms with Crippen LogP contribution < -0.4 is 56.5 Å². The van der Waals surface area contributed by atoms with E-state index in [9.17, 15) is 9.90 Å². The van der Waals surface area contributed by atoms with Gasteiger partial charge in [0.05, 0.1) is 11.5 Å². The second-order valence-corrected chi connectivity index (χ2v) is 2.70. The minimum Gasteiger partial charge on any atom is -0.545 e. The van der Waals surface area contributed by atoms with E-state index in [1.807, 2.05) is 6.07 Å². The first-order chi connectivity index (χ1) is 6.27. The molecule has 0 bridgehead atoms. The Labute approximate surface area is 124 Å². The van der Waals surface area contributed by atoms with E-state index in [4.69, 9.17) is 0 Å². The average Bonchev–Trinajstić information content (AvgIpc) is 2.17. The van der Waals surface area contributed by atoms with Gasteiger partial charge < -0.3 is 9.90 Å². The predicted octanol–water partition coefficient (Wildman–Crippen LogP) is -2.40. The quantitative estimate of drug-likeness (QED) is 0.494. The molecule has 1 heterocycles. The summed E-state index contributed by atoms with van der Waals surface area (Å²) in [4.78, 5) is 14.5. The number of pyridine rings is 1. The van der Waals surface area contributed by atoms with Crippen LogP contribution >= 0.6 is 0 Å². The molecular formula is C10H6KNO2. The molecule has 1 aromatic carbocycles. The maximum absolute atomic E-state index is 10.5. The van der Waals surface area contributed by atoms with Crippen LogP contribution in [0.1, 0.15) is 10.4 Å². The van der Waals surface area contributed by atoms with Gasteiger partial charge in [-0.2, -0.15) is 0 Å². The first-order valence-electron chi connectivity index (χ1n) is 3.83. The molecule has 4 heteroatoms. The van der Waals surface area contributed by atoms with Crippen molar-refractivity contribution >= 4 is 16.9 Å². The molecule has 0 unspecified atom stereocenters. The van der Waals surface area contributed by atoms with Crippen molar-refractivity contribution in [2.75, 3.05) is 0 Å². The number of benzene rings is 1. The Kier molecular flexibility index (Phi) is 4.22. The fraction of sp³-hybridized carbons (Fsp3) is 0. The van der Waals surface area contributed by atoms with E-state index in [1.165, 1.54) is 12.1 Å². The second-order valence-electron chi connectivity index (χ2n) is 2.70. The summed E-state index contributed by atoms with van der Waals surface area (Å²) in [6.45, 7) is 0. The number of aromatic nitrogens is 1. The van der Waals surface area contributed by atoms with Gasteiger partial charge in [0, 0.05) is 11.6 Å².